The van der Waals surface area contributed by atoms with E-state index in [4.69, 9.17) is 0 Å². The van der Waals surface area contributed by atoms with Gasteiger partial charge in [0.1, 0.15) is 0 Å². The predicted molar refractivity (Wildman–Crippen MR) is 105 cm³/mol. The molecule has 1 heterocycles. The van der Waals surface area contributed by atoms with E-state index in [1.165, 1.54) is 5.56 Å². The predicted octanol–water partition coefficient (Wildman–Crippen LogP) is 2.79. The molecule has 2 N–H and O–H groups in total. The molecule has 0 amide bonds. The topological polar surface area (TPSA) is 39.7 Å². The first-order valence-electron chi connectivity index (χ1n) is 8.04. The summed E-state index contributed by atoms with van der Waals surface area (Å²) < 4.78 is 12.2. The third-order valence-electron chi connectivity index (χ3n) is 4.10. The molecule has 2 rings (SSSR count). The summed E-state index contributed by atoms with van der Waals surface area (Å²) >= 11 is 0. The minimum absolute atomic E-state index is 0. The molecule has 1 aliphatic rings. The lowest BCUT2D eigenvalue weighted by Gasteiger charge is -2.21. The molecule has 0 saturated carbocycles. The molecule has 0 aromatic heterocycles. The van der Waals surface area contributed by atoms with Gasteiger partial charge in [0.25, 0.3) is 0 Å². The minimum Gasteiger partial charge on any atom is -0.356 e. The Labute approximate surface area is 156 Å². The third kappa shape index (κ3) is 6.63. The summed E-state index contributed by atoms with van der Waals surface area (Å²) in [7, 11) is 1.75. The number of guanidine groups is 1. The van der Waals surface area contributed by atoms with Crippen molar-refractivity contribution in [1.29, 1.82) is 0 Å². The highest BCUT2D eigenvalue weighted by Gasteiger charge is 2.29. The zero-order valence-corrected chi connectivity index (χ0v) is 16.3. The van der Waals surface area contributed by atoms with Crippen LogP contribution in [0.1, 0.15) is 25.3 Å². The molecule has 2 atom stereocenters. The molecular formula is C17H28FIN4. The van der Waals surface area contributed by atoms with E-state index in [0.29, 0.717) is 25.0 Å². The Kier molecular flexibility index (Phi) is 9.47. The molecular weight excluding hydrogens is 406 g/mol. The molecule has 4 nitrogen and oxygen atoms in total. The summed E-state index contributed by atoms with van der Waals surface area (Å²) in [5, 5.41) is 6.60. The van der Waals surface area contributed by atoms with Gasteiger partial charge in [0.2, 0.25) is 0 Å². The highest BCUT2D eigenvalue weighted by Crippen LogP contribution is 2.20. The fourth-order valence-electron chi connectivity index (χ4n) is 2.90. The molecule has 0 radical (unpaired) electrons. The minimum atomic E-state index is -0.296. The number of nitrogens with one attached hydrogen (secondary N) is 2. The van der Waals surface area contributed by atoms with Crippen LogP contribution in [0.5, 0.6) is 0 Å². The SMILES string of the molecule is CN=C(NCCCF)NC1CC(C)N(Cc2ccccc2)C1.I. The maximum Gasteiger partial charge on any atom is 0.191 e. The van der Waals surface area contributed by atoms with Crippen molar-refractivity contribution in [3.8, 4) is 0 Å². The van der Waals surface area contributed by atoms with Crippen molar-refractivity contribution in [2.75, 3.05) is 26.8 Å². The van der Waals surface area contributed by atoms with E-state index in [1.54, 1.807) is 7.05 Å². The molecule has 0 spiro atoms. The first-order chi connectivity index (χ1) is 10.7. The van der Waals surface area contributed by atoms with Gasteiger partial charge in [0.05, 0.1) is 6.67 Å². The van der Waals surface area contributed by atoms with E-state index >= 15 is 0 Å². The lowest BCUT2D eigenvalue weighted by atomic mass is 10.2. The van der Waals surface area contributed by atoms with Crippen LogP contribution in [0, 0.1) is 0 Å². The van der Waals surface area contributed by atoms with Crippen LogP contribution in [0.15, 0.2) is 35.3 Å². The second kappa shape index (κ2) is 10.8. The molecule has 1 aromatic carbocycles. The van der Waals surface area contributed by atoms with Crippen LogP contribution in [0.2, 0.25) is 0 Å². The number of benzene rings is 1. The summed E-state index contributed by atoms with van der Waals surface area (Å²) in [6.45, 7) is 4.57. The Morgan fingerprint density at radius 1 is 1.35 bits per heavy atom. The van der Waals surface area contributed by atoms with Gasteiger partial charge in [0, 0.05) is 38.8 Å². The van der Waals surface area contributed by atoms with Crippen molar-refractivity contribution in [3.63, 3.8) is 0 Å². The molecule has 0 bridgehead atoms. The second-order valence-corrected chi connectivity index (χ2v) is 5.88. The number of alkyl halides is 1. The average Bonchev–Trinajstić information content (AvgIpc) is 2.87. The standard InChI is InChI=1S/C17H27FN4.HI/c1-14-11-16(21-17(19-2)20-10-6-9-18)13-22(14)12-15-7-4-3-5-8-15;/h3-5,7-8,14,16H,6,9-13H2,1-2H3,(H2,19,20,21);1H. The largest absolute Gasteiger partial charge is 0.356 e. The zero-order valence-electron chi connectivity index (χ0n) is 14.0. The zero-order chi connectivity index (χ0) is 15.8. The van der Waals surface area contributed by atoms with E-state index in [1.807, 2.05) is 6.07 Å². The number of halogens is 2. The summed E-state index contributed by atoms with van der Waals surface area (Å²) in [6.07, 6.45) is 1.61. The molecule has 0 aliphatic carbocycles. The number of likely N-dealkylation sites (tertiary alicyclic amines) is 1. The summed E-state index contributed by atoms with van der Waals surface area (Å²) in [5.74, 6) is 0.771. The van der Waals surface area contributed by atoms with E-state index in [-0.39, 0.29) is 30.7 Å². The van der Waals surface area contributed by atoms with Gasteiger partial charge in [-0.1, -0.05) is 30.3 Å². The van der Waals surface area contributed by atoms with E-state index < -0.39 is 0 Å². The van der Waals surface area contributed by atoms with Crippen molar-refractivity contribution in [1.82, 2.24) is 15.5 Å². The maximum atomic E-state index is 12.2. The van der Waals surface area contributed by atoms with Gasteiger partial charge in [0.15, 0.2) is 5.96 Å². The number of aliphatic imine (C=N–C) groups is 1. The van der Waals surface area contributed by atoms with Gasteiger partial charge < -0.3 is 10.6 Å². The van der Waals surface area contributed by atoms with Crippen LogP contribution in [-0.4, -0.2) is 49.8 Å². The fraction of sp³-hybridized carbons (Fsp3) is 0.588. The van der Waals surface area contributed by atoms with Crippen molar-refractivity contribution < 1.29 is 4.39 Å². The Morgan fingerprint density at radius 3 is 2.74 bits per heavy atom. The van der Waals surface area contributed by atoms with E-state index in [0.717, 1.165) is 25.5 Å². The average molecular weight is 434 g/mol. The third-order valence-corrected chi connectivity index (χ3v) is 4.10. The lowest BCUT2D eigenvalue weighted by molar-refractivity contribution is 0.258. The summed E-state index contributed by atoms with van der Waals surface area (Å²) in [4.78, 5) is 6.70. The number of hydrogen-bond donors (Lipinski definition) is 2. The monoisotopic (exact) mass is 434 g/mol. The van der Waals surface area contributed by atoms with Crippen LogP contribution in [0.25, 0.3) is 0 Å². The fourth-order valence-corrected chi connectivity index (χ4v) is 2.90. The second-order valence-electron chi connectivity index (χ2n) is 5.88. The smallest absolute Gasteiger partial charge is 0.191 e. The Morgan fingerprint density at radius 2 is 2.09 bits per heavy atom. The van der Waals surface area contributed by atoms with Crippen molar-refractivity contribution in [2.24, 2.45) is 4.99 Å². The van der Waals surface area contributed by atoms with Crippen LogP contribution >= 0.6 is 24.0 Å². The van der Waals surface area contributed by atoms with Gasteiger partial charge in [-0.05, 0) is 25.3 Å². The molecule has 6 heteroatoms. The highest BCUT2D eigenvalue weighted by atomic mass is 127. The Hall–Kier alpha value is -0.890. The Bertz CT molecular complexity index is 469. The Balaban J connectivity index is 0.00000264. The van der Waals surface area contributed by atoms with Crippen molar-refractivity contribution >= 4 is 29.9 Å². The van der Waals surface area contributed by atoms with Gasteiger partial charge in [-0.15, -0.1) is 24.0 Å². The molecule has 1 fully saturated rings. The van der Waals surface area contributed by atoms with Crippen molar-refractivity contribution in [3.05, 3.63) is 35.9 Å². The summed E-state index contributed by atoms with van der Waals surface area (Å²) in [5.41, 5.74) is 1.35. The first kappa shape index (κ1) is 20.2. The maximum absolute atomic E-state index is 12.2. The van der Waals surface area contributed by atoms with E-state index in [9.17, 15) is 4.39 Å². The molecule has 1 aliphatic heterocycles. The van der Waals surface area contributed by atoms with Gasteiger partial charge in [-0.25, -0.2) is 0 Å². The van der Waals surface area contributed by atoms with Crippen LogP contribution in [0.3, 0.4) is 0 Å². The first-order valence-corrected chi connectivity index (χ1v) is 8.04. The van der Waals surface area contributed by atoms with Crippen molar-refractivity contribution in [2.45, 2.75) is 38.4 Å². The summed E-state index contributed by atoms with van der Waals surface area (Å²) in [6, 6.07) is 11.5. The molecule has 130 valence electrons. The lowest BCUT2D eigenvalue weighted by Crippen LogP contribution is -2.44. The van der Waals surface area contributed by atoms with Crippen LogP contribution in [0.4, 0.5) is 4.39 Å². The number of rotatable bonds is 6. The number of nitrogens with zero attached hydrogens (tertiary/aromatic N) is 2. The van der Waals surface area contributed by atoms with E-state index in [2.05, 4.69) is 51.7 Å². The molecule has 23 heavy (non-hydrogen) atoms. The quantitative estimate of drug-likeness (QED) is 0.313. The number of hydrogen-bond acceptors (Lipinski definition) is 2. The van der Waals surface area contributed by atoms with Gasteiger partial charge >= 0.3 is 0 Å². The molecule has 1 aromatic rings. The van der Waals surface area contributed by atoms with Crippen LogP contribution in [-0.2, 0) is 6.54 Å². The molecule has 1 saturated heterocycles. The molecule has 2 unspecified atom stereocenters. The highest BCUT2D eigenvalue weighted by molar-refractivity contribution is 14.0. The van der Waals surface area contributed by atoms with Gasteiger partial charge in [-0.2, -0.15) is 0 Å². The van der Waals surface area contributed by atoms with Gasteiger partial charge in [-0.3, -0.25) is 14.3 Å². The van der Waals surface area contributed by atoms with Crippen LogP contribution < -0.4 is 10.6 Å². The normalized spacial score (nSPS) is 21.8.